The van der Waals surface area contributed by atoms with E-state index < -0.39 is 0 Å². The van der Waals surface area contributed by atoms with Gasteiger partial charge in [0.2, 0.25) is 0 Å². The lowest BCUT2D eigenvalue weighted by molar-refractivity contribution is 0.374. The summed E-state index contributed by atoms with van der Waals surface area (Å²) in [6, 6.07) is 7.58. The molecule has 0 saturated heterocycles. The molecule has 20 heavy (non-hydrogen) atoms. The average Bonchev–Trinajstić information content (AvgIpc) is 2.45. The summed E-state index contributed by atoms with van der Waals surface area (Å²) in [5.41, 5.74) is 0. The minimum absolute atomic E-state index is 0.594. The zero-order chi connectivity index (χ0) is 14.9. The van der Waals surface area contributed by atoms with Crippen LogP contribution in [0.25, 0.3) is 0 Å². The Bertz CT molecular complexity index is 640. The molecule has 106 valence electrons. The smallest absolute Gasteiger partial charge is 0.185 e. The van der Waals surface area contributed by atoms with Gasteiger partial charge in [-0.05, 0) is 88.0 Å². The van der Waals surface area contributed by atoms with E-state index in [2.05, 4.69) is 79.6 Å². The lowest BCUT2D eigenvalue weighted by Gasteiger charge is -2.16. The first kappa shape index (κ1) is 16.8. The fraction of sp³-hybridized carbons (Fsp3) is 0.0769. The summed E-state index contributed by atoms with van der Waals surface area (Å²) in [7, 11) is 1.60. The number of halogens is 5. The second-order valence-electron chi connectivity index (χ2n) is 3.67. The Hall–Kier alpha value is 0.440. The van der Waals surface area contributed by atoms with Crippen LogP contribution in [0.5, 0.6) is 17.2 Å². The number of rotatable bonds is 3. The summed E-state index contributed by atoms with van der Waals surface area (Å²) in [6.45, 7) is 0. The third-order valence-electron chi connectivity index (χ3n) is 2.42. The predicted molar refractivity (Wildman–Crippen MR) is 98.0 cm³/mol. The summed E-state index contributed by atoms with van der Waals surface area (Å²) in [6.07, 6.45) is 0. The number of ether oxygens (including phenoxy) is 2. The van der Waals surface area contributed by atoms with Gasteiger partial charge >= 0.3 is 0 Å². The first-order valence-corrected chi connectivity index (χ1v) is 9.25. The Morgan fingerprint density at radius 2 is 1.20 bits per heavy atom. The Morgan fingerprint density at radius 3 is 1.70 bits per heavy atom. The van der Waals surface area contributed by atoms with Gasteiger partial charge in [0.05, 0.1) is 25.0 Å². The molecular formula is C13H7Br5O2. The van der Waals surface area contributed by atoms with Gasteiger partial charge in [-0.1, -0.05) is 15.9 Å². The molecule has 0 heterocycles. The molecule has 0 aromatic heterocycles. The van der Waals surface area contributed by atoms with Crippen molar-refractivity contribution in [3.8, 4) is 17.2 Å². The fourth-order valence-corrected chi connectivity index (χ4v) is 4.04. The molecule has 0 amide bonds. The van der Waals surface area contributed by atoms with E-state index in [0.29, 0.717) is 17.2 Å². The molecule has 0 saturated carbocycles. The van der Waals surface area contributed by atoms with Gasteiger partial charge in [-0.3, -0.25) is 0 Å². The van der Waals surface area contributed by atoms with Crippen LogP contribution in [0, 0.1) is 0 Å². The van der Waals surface area contributed by atoms with Gasteiger partial charge in [0.1, 0.15) is 5.75 Å². The second kappa shape index (κ2) is 7.13. The number of hydrogen-bond acceptors (Lipinski definition) is 2. The highest BCUT2D eigenvalue weighted by atomic mass is 79.9. The van der Waals surface area contributed by atoms with E-state index >= 15 is 0 Å². The monoisotopic (exact) mass is 590 g/mol. The Kier molecular flexibility index (Phi) is 5.99. The van der Waals surface area contributed by atoms with Crippen LogP contribution < -0.4 is 9.47 Å². The minimum Gasteiger partial charge on any atom is -0.492 e. The summed E-state index contributed by atoms with van der Waals surface area (Å²) in [5, 5.41) is 0. The maximum absolute atomic E-state index is 5.93. The number of benzene rings is 2. The highest BCUT2D eigenvalue weighted by Crippen LogP contribution is 2.51. The largest absolute Gasteiger partial charge is 0.492 e. The maximum Gasteiger partial charge on any atom is 0.185 e. The molecule has 0 aliphatic rings. The van der Waals surface area contributed by atoms with Crippen molar-refractivity contribution < 1.29 is 9.47 Å². The topological polar surface area (TPSA) is 18.5 Å². The molecule has 0 aliphatic carbocycles. The van der Waals surface area contributed by atoms with Crippen molar-refractivity contribution in [3.05, 3.63) is 46.6 Å². The van der Waals surface area contributed by atoms with E-state index in [0.717, 1.165) is 22.4 Å². The maximum atomic E-state index is 5.93. The van der Waals surface area contributed by atoms with Crippen molar-refractivity contribution in [1.82, 2.24) is 0 Å². The van der Waals surface area contributed by atoms with Crippen molar-refractivity contribution in [2.45, 2.75) is 0 Å². The molecule has 0 unspecified atom stereocenters. The van der Waals surface area contributed by atoms with E-state index in [9.17, 15) is 0 Å². The molecule has 2 aromatic carbocycles. The lowest BCUT2D eigenvalue weighted by atomic mass is 10.3. The summed E-state index contributed by atoms with van der Waals surface area (Å²) < 4.78 is 15.6. The molecule has 2 rings (SSSR count). The third kappa shape index (κ3) is 3.43. The van der Waals surface area contributed by atoms with Crippen LogP contribution in [0.2, 0.25) is 0 Å². The zero-order valence-electron chi connectivity index (χ0n) is 10.0. The van der Waals surface area contributed by atoms with Crippen LogP contribution in [-0.2, 0) is 0 Å². The van der Waals surface area contributed by atoms with Crippen LogP contribution in [0.1, 0.15) is 0 Å². The SMILES string of the molecule is COc1c(Br)c(Br)c(Br)c(Br)c1Oc1ccc(Br)cc1. The molecule has 0 bridgehead atoms. The normalized spacial score (nSPS) is 10.5. The van der Waals surface area contributed by atoms with Crippen molar-refractivity contribution in [2.75, 3.05) is 7.11 Å². The molecule has 0 atom stereocenters. The molecule has 0 radical (unpaired) electrons. The summed E-state index contributed by atoms with van der Waals surface area (Å²) in [5.74, 6) is 1.92. The molecule has 0 N–H and O–H groups in total. The van der Waals surface area contributed by atoms with Gasteiger partial charge in [0.25, 0.3) is 0 Å². The standard InChI is InChI=1S/C13H7Br5O2/c1-19-12-10(17)8(15)9(16)11(18)13(12)20-7-4-2-6(14)3-5-7/h2-5H,1H3. The Balaban J connectivity index is 2.53. The zero-order valence-corrected chi connectivity index (χ0v) is 17.9. The van der Waals surface area contributed by atoms with Crippen LogP contribution in [0.3, 0.4) is 0 Å². The Morgan fingerprint density at radius 1 is 0.700 bits per heavy atom. The number of hydrogen-bond donors (Lipinski definition) is 0. The molecule has 0 aliphatic heterocycles. The quantitative estimate of drug-likeness (QED) is 0.274. The molecule has 2 aromatic rings. The van der Waals surface area contributed by atoms with E-state index in [1.807, 2.05) is 24.3 Å². The lowest BCUT2D eigenvalue weighted by Crippen LogP contribution is -1.94. The minimum atomic E-state index is 0.594. The average molecular weight is 595 g/mol. The molecule has 0 spiro atoms. The highest BCUT2D eigenvalue weighted by molar-refractivity contribution is 9.15. The van der Waals surface area contributed by atoms with Gasteiger partial charge in [-0.15, -0.1) is 0 Å². The van der Waals surface area contributed by atoms with Crippen molar-refractivity contribution in [1.29, 1.82) is 0 Å². The van der Waals surface area contributed by atoms with Gasteiger partial charge in [0.15, 0.2) is 11.5 Å². The van der Waals surface area contributed by atoms with Crippen molar-refractivity contribution in [2.24, 2.45) is 0 Å². The first-order valence-electron chi connectivity index (χ1n) is 5.29. The summed E-state index contributed by atoms with van der Waals surface area (Å²) >= 11 is 17.4. The predicted octanol–water partition coefficient (Wildman–Crippen LogP) is 7.30. The van der Waals surface area contributed by atoms with Crippen LogP contribution in [0.4, 0.5) is 0 Å². The van der Waals surface area contributed by atoms with E-state index in [4.69, 9.17) is 9.47 Å². The molecular weight excluding hydrogens is 588 g/mol. The summed E-state index contributed by atoms with van der Waals surface area (Å²) in [4.78, 5) is 0. The molecule has 7 heteroatoms. The van der Waals surface area contributed by atoms with Crippen molar-refractivity contribution in [3.63, 3.8) is 0 Å². The Labute approximate surface area is 158 Å². The van der Waals surface area contributed by atoms with E-state index in [-0.39, 0.29) is 0 Å². The van der Waals surface area contributed by atoms with E-state index in [1.165, 1.54) is 0 Å². The number of methoxy groups -OCH3 is 1. The van der Waals surface area contributed by atoms with Gasteiger partial charge in [0, 0.05) is 4.47 Å². The van der Waals surface area contributed by atoms with Gasteiger partial charge < -0.3 is 9.47 Å². The first-order chi connectivity index (χ1) is 9.45. The van der Waals surface area contributed by atoms with Crippen molar-refractivity contribution >= 4 is 79.6 Å². The van der Waals surface area contributed by atoms with Crippen LogP contribution in [0.15, 0.2) is 46.6 Å². The van der Waals surface area contributed by atoms with Crippen LogP contribution >= 0.6 is 79.6 Å². The van der Waals surface area contributed by atoms with Gasteiger partial charge in [-0.25, -0.2) is 0 Å². The fourth-order valence-electron chi connectivity index (χ4n) is 1.49. The second-order valence-corrected chi connectivity index (χ2v) is 7.76. The van der Waals surface area contributed by atoms with E-state index in [1.54, 1.807) is 7.11 Å². The highest BCUT2D eigenvalue weighted by Gasteiger charge is 2.21. The van der Waals surface area contributed by atoms with Gasteiger partial charge in [-0.2, -0.15) is 0 Å². The molecule has 0 fully saturated rings. The van der Waals surface area contributed by atoms with Crippen LogP contribution in [-0.4, -0.2) is 7.11 Å². The molecule has 2 nitrogen and oxygen atoms in total. The third-order valence-corrected chi connectivity index (χ3v) is 7.64.